The maximum Gasteiger partial charge on any atom is 0.358 e. The monoisotopic (exact) mass is 219 g/mol. The molecule has 1 aromatic rings. The van der Waals surface area contributed by atoms with Gasteiger partial charge in [0, 0.05) is 0 Å². The molecule has 16 heavy (non-hydrogen) atoms. The van der Waals surface area contributed by atoms with Crippen LogP contribution in [0.3, 0.4) is 0 Å². The average Bonchev–Trinajstić information content (AvgIpc) is 2.26. The molecule has 0 heterocycles. The van der Waals surface area contributed by atoms with E-state index in [4.69, 9.17) is 5.11 Å². The van der Waals surface area contributed by atoms with E-state index in [9.17, 15) is 4.79 Å². The minimum Gasteiger partial charge on any atom is -0.476 e. The van der Waals surface area contributed by atoms with Crippen LogP contribution in [0.1, 0.15) is 12.5 Å². The molecule has 0 saturated heterocycles. The molecule has 0 aliphatic carbocycles. The Bertz CT molecular complexity index is 421. The van der Waals surface area contributed by atoms with E-state index in [0.29, 0.717) is 5.57 Å². The summed E-state index contributed by atoms with van der Waals surface area (Å²) in [5, 5.41) is 12.4. The third-order valence-electron chi connectivity index (χ3n) is 1.94. The Kier molecular flexibility index (Phi) is 4.27. The lowest BCUT2D eigenvalue weighted by molar-refractivity contribution is -0.129. The van der Waals surface area contributed by atoms with E-state index >= 15 is 0 Å². The molecule has 4 nitrogen and oxygen atoms in total. The van der Waals surface area contributed by atoms with Gasteiger partial charge in [-0.25, -0.2) is 4.79 Å². The first-order chi connectivity index (χ1) is 7.65. The van der Waals surface area contributed by atoms with Gasteiger partial charge in [-0.05, 0) is 24.1 Å². The summed E-state index contributed by atoms with van der Waals surface area (Å²) in [5.41, 5.74) is 1.37. The van der Waals surface area contributed by atoms with Crippen LogP contribution in [0.4, 0.5) is 0 Å². The molecular weight excluding hydrogens is 206 g/mol. The van der Waals surface area contributed by atoms with Crippen LogP contribution in [-0.2, 0) is 9.63 Å². The SMILES string of the molecule is CO/N=C(C(=O)O)/C(C)=C/c1ccccc1. The second-order valence-corrected chi connectivity index (χ2v) is 3.17. The first-order valence-corrected chi connectivity index (χ1v) is 4.73. The summed E-state index contributed by atoms with van der Waals surface area (Å²) in [4.78, 5) is 15.4. The van der Waals surface area contributed by atoms with Gasteiger partial charge >= 0.3 is 5.97 Å². The molecule has 0 saturated carbocycles. The predicted octanol–water partition coefficient (Wildman–Crippen LogP) is 2.18. The van der Waals surface area contributed by atoms with Crippen molar-refractivity contribution >= 4 is 17.8 Å². The number of rotatable bonds is 4. The maximum absolute atomic E-state index is 10.9. The van der Waals surface area contributed by atoms with Gasteiger partial charge in [-0.2, -0.15) is 0 Å². The number of hydrogen-bond acceptors (Lipinski definition) is 3. The van der Waals surface area contributed by atoms with Gasteiger partial charge in [0.15, 0.2) is 5.71 Å². The van der Waals surface area contributed by atoms with Crippen molar-refractivity contribution in [3.05, 3.63) is 41.5 Å². The lowest BCUT2D eigenvalue weighted by atomic mass is 10.1. The maximum atomic E-state index is 10.9. The second-order valence-electron chi connectivity index (χ2n) is 3.17. The molecule has 0 atom stereocenters. The van der Waals surface area contributed by atoms with Crippen LogP contribution in [0.25, 0.3) is 6.08 Å². The first kappa shape index (κ1) is 12.0. The molecule has 0 radical (unpaired) electrons. The molecule has 84 valence electrons. The molecule has 0 amide bonds. The van der Waals surface area contributed by atoms with Crippen LogP contribution in [0.5, 0.6) is 0 Å². The van der Waals surface area contributed by atoms with Crippen LogP contribution >= 0.6 is 0 Å². The summed E-state index contributed by atoms with van der Waals surface area (Å²) in [6.45, 7) is 1.68. The zero-order chi connectivity index (χ0) is 12.0. The highest BCUT2D eigenvalue weighted by atomic mass is 16.6. The zero-order valence-electron chi connectivity index (χ0n) is 9.18. The summed E-state index contributed by atoms with van der Waals surface area (Å²) in [6.07, 6.45) is 1.74. The number of benzene rings is 1. The zero-order valence-corrected chi connectivity index (χ0v) is 9.18. The van der Waals surface area contributed by atoms with E-state index in [0.717, 1.165) is 5.56 Å². The summed E-state index contributed by atoms with van der Waals surface area (Å²) in [7, 11) is 1.32. The van der Waals surface area contributed by atoms with Crippen molar-refractivity contribution < 1.29 is 14.7 Å². The summed E-state index contributed by atoms with van der Waals surface area (Å²) in [6, 6.07) is 9.43. The molecule has 0 aliphatic heterocycles. The van der Waals surface area contributed by atoms with Gasteiger partial charge in [-0.1, -0.05) is 35.5 Å². The van der Waals surface area contributed by atoms with Crippen molar-refractivity contribution in [3.8, 4) is 0 Å². The van der Waals surface area contributed by atoms with Gasteiger partial charge < -0.3 is 9.94 Å². The highest BCUT2D eigenvalue weighted by Gasteiger charge is 2.12. The summed E-state index contributed by atoms with van der Waals surface area (Å²) in [5.74, 6) is -1.11. The Morgan fingerprint density at radius 2 is 2.00 bits per heavy atom. The lowest BCUT2D eigenvalue weighted by Gasteiger charge is -2.00. The highest BCUT2D eigenvalue weighted by Crippen LogP contribution is 2.08. The fraction of sp³-hybridized carbons (Fsp3) is 0.167. The van der Waals surface area contributed by atoms with Crippen molar-refractivity contribution in [2.24, 2.45) is 5.16 Å². The van der Waals surface area contributed by atoms with Gasteiger partial charge in [0.2, 0.25) is 0 Å². The standard InChI is InChI=1S/C12H13NO3/c1-9(11(12(14)15)13-16-2)8-10-6-4-3-5-7-10/h3-8H,1-2H3,(H,14,15)/b9-8+,13-11-. The highest BCUT2D eigenvalue weighted by molar-refractivity contribution is 6.43. The number of hydrogen-bond donors (Lipinski definition) is 1. The van der Waals surface area contributed by atoms with Gasteiger partial charge in [-0.15, -0.1) is 0 Å². The molecule has 1 N–H and O–H groups in total. The Morgan fingerprint density at radius 1 is 1.38 bits per heavy atom. The molecule has 0 bridgehead atoms. The van der Waals surface area contributed by atoms with Gasteiger partial charge in [0.25, 0.3) is 0 Å². The Labute approximate surface area is 93.9 Å². The second kappa shape index (κ2) is 5.70. The Balaban J connectivity index is 3.00. The van der Waals surface area contributed by atoms with Crippen LogP contribution in [0.15, 0.2) is 41.1 Å². The van der Waals surface area contributed by atoms with Crippen molar-refractivity contribution in [2.45, 2.75) is 6.92 Å². The van der Waals surface area contributed by atoms with Crippen molar-refractivity contribution in [1.82, 2.24) is 0 Å². The molecule has 0 aliphatic rings. The van der Waals surface area contributed by atoms with E-state index in [2.05, 4.69) is 9.99 Å². The quantitative estimate of drug-likeness (QED) is 0.623. The summed E-state index contributed by atoms with van der Waals surface area (Å²) >= 11 is 0. The normalized spacial score (nSPS) is 12.4. The predicted molar refractivity (Wildman–Crippen MR) is 62.2 cm³/mol. The largest absolute Gasteiger partial charge is 0.476 e. The molecule has 0 fully saturated rings. The molecule has 0 unspecified atom stereocenters. The fourth-order valence-electron chi connectivity index (χ4n) is 1.24. The Hall–Kier alpha value is -2.10. The van der Waals surface area contributed by atoms with Gasteiger partial charge in [-0.3, -0.25) is 0 Å². The number of oxime groups is 1. The molecule has 0 aromatic heterocycles. The van der Waals surface area contributed by atoms with Crippen molar-refractivity contribution in [1.29, 1.82) is 0 Å². The van der Waals surface area contributed by atoms with Crippen LogP contribution < -0.4 is 0 Å². The molecule has 0 spiro atoms. The lowest BCUT2D eigenvalue weighted by Crippen LogP contribution is -2.14. The molecular formula is C12H13NO3. The minimum atomic E-state index is -1.11. The fourth-order valence-corrected chi connectivity index (χ4v) is 1.24. The molecule has 1 aromatic carbocycles. The number of carbonyl (C=O) groups is 1. The topological polar surface area (TPSA) is 58.9 Å². The van der Waals surface area contributed by atoms with E-state index in [1.807, 2.05) is 30.3 Å². The third kappa shape index (κ3) is 3.24. The van der Waals surface area contributed by atoms with E-state index < -0.39 is 5.97 Å². The van der Waals surface area contributed by atoms with Crippen LogP contribution in [0.2, 0.25) is 0 Å². The molecule has 1 rings (SSSR count). The van der Waals surface area contributed by atoms with Crippen molar-refractivity contribution in [2.75, 3.05) is 7.11 Å². The smallest absolute Gasteiger partial charge is 0.358 e. The van der Waals surface area contributed by atoms with Gasteiger partial charge in [0.1, 0.15) is 7.11 Å². The third-order valence-corrected chi connectivity index (χ3v) is 1.94. The van der Waals surface area contributed by atoms with Crippen LogP contribution in [0, 0.1) is 0 Å². The summed E-state index contributed by atoms with van der Waals surface area (Å²) < 4.78 is 0. The number of carboxylic acid groups (broad SMARTS) is 1. The number of aliphatic carboxylic acids is 1. The average molecular weight is 219 g/mol. The van der Waals surface area contributed by atoms with E-state index in [-0.39, 0.29) is 5.71 Å². The first-order valence-electron chi connectivity index (χ1n) is 4.73. The van der Waals surface area contributed by atoms with Crippen LogP contribution in [-0.4, -0.2) is 23.9 Å². The van der Waals surface area contributed by atoms with Crippen molar-refractivity contribution in [3.63, 3.8) is 0 Å². The van der Waals surface area contributed by atoms with Gasteiger partial charge in [0.05, 0.1) is 0 Å². The Morgan fingerprint density at radius 3 is 2.50 bits per heavy atom. The number of carboxylic acids is 1. The number of nitrogens with zero attached hydrogens (tertiary/aromatic N) is 1. The minimum absolute atomic E-state index is 0.0913. The van der Waals surface area contributed by atoms with E-state index in [1.54, 1.807) is 13.0 Å². The molecule has 4 heteroatoms. The van der Waals surface area contributed by atoms with E-state index in [1.165, 1.54) is 7.11 Å².